The van der Waals surface area contributed by atoms with Gasteiger partial charge in [0.1, 0.15) is 0 Å². The Labute approximate surface area is 292 Å². The lowest BCUT2D eigenvalue weighted by Crippen LogP contribution is -2.53. The van der Waals surface area contributed by atoms with Crippen molar-refractivity contribution in [1.82, 2.24) is 15.1 Å². The summed E-state index contributed by atoms with van der Waals surface area (Å²) < 4.78 is 0. The van der Waals surface area contributed by atoms with Gasteiger partial charge in [0, 0.05) is 37.2 Å². The second kappa shape index (κ2) is 15.4. The van der Waals surface area contributed by atoms with E-state index in [1.165, 1.54) is 16.9 Å². The van der Waals surface area contributed by atoms with Gasteiger partial charge in [-0.15, -0.1) is 23.7 Å². The van der Waals surface area contributed by atoms with Gasteiger partial charge in [-0.25, -0.2) is 0 Å². The second-order valence-electron chi connectivity index (χ2n) is 12.4. The molecule has 2 saturated heterocycles. The number of nitrogens with zero attached hydrogens (tertiary/aromatic N) is 2. The highest BCUT2D eigenvalue weighted by molar-refractivity contribution is 7.12. The molecule has 3 aromatic carbocycles. The Morgan fingerprint density at radius 2 is 1.52 bits per heavy atom. The largest absolute Gasteiger partial charge is 0.342 e. The molecule has 0 aliphatic carbocycles. The maximum absolute atomic E-state index is 13.5. The van der Waals surface area contributed by atoms with Crippen molar-refractivity contribution in [3.8, 4) is 0 Å². The fraction of sp³-hybridized carbons (Fsp3) is 0.351. The highest BCUT2D eigenvalue weighted by Crippen LogP contribution is 2.41. The van der Waals surface area contributed by atoms with E-state index in [0.717, 1.165) is 80.7 Å². The SMILES string of the molecule is Cl.O=C(NC1(c2ccccc2)CCN(CCCC2(c3ccc(Cl)c(Cl)c3)CCCN(C(=O)c3ccccc3)C2)CC1)c1cccs1. The van der Waals surface area contributed by atoms with Crippen LogP contribution in [-0.4, -0.2) is 54.3 Å². The van der Waals surface area contributed by atoms with Crippen LogP contribution in [0.15, 0.2) is 96.4 Å². The van der Waals surface area contributed by atoms with E-state index in [4.69, 9.17) is 23.2 Å². The first kappa shape index (κ1) is 34.5. The fourth-order valence-corrected chi connectivity index (χ4v) is 8.12. The smallest absolute Gasteiger partial charge is 0.262 e. The van der Waals surface area contributed by atoms with Gasteiger partial charge in [0.25, 0.3) is 11.8 Å². The molecular weight excluding hydrogens is 657 g/mol. The number of halogens is 3. The number of carbonyl (C=O) groups excluding carboxylic acids is 2. The molecule has 6 rings (SSSR count). The minimum Gasteiger partial charge on any atom is -0.342 e. The molecule has 0 spiro atoms. The minimum atomic E-state index is -0.387. The van der Waals surface area contributed by atoms with Crippen molar-refractivity contribution < 1.29 is 9.59 Å². The number of amides is 2. The fourth-order valence-electron chi connectivity index (χ4n) is 7.21. The molecule has 9 heteroatoms. The zero-order valence-electron chi connectivity index (χ0n) is 25.8. The van der Waals surface area contributed by atoms with Crippen LogP contribution in [0.1, 0.15) is 69.7 Å². The first-order chi connectivity index (χ1) is 21.9. The van der Waals surface area contributed by atoms with Gasteiger partial charge in [0.15, 0.2) is 0 Å². The molecule has 1 atom stereocenters. The summed E-state index contributed by atoms with van der Waals surface area (Å²) in [5.74, 6) is 0.0791. The molecule has 242 valence electrons. The zero-order chi connectivity index (χ0) is 31.3. The maximum Gasteiger partial charge on any atom is 0.262 e. The Morgan fingerprint density at radius 1 is 0.804 bits per heavy atom. The predicted octanol–water partition coefficient (Wildman–Crippen LogP) is 8.85. The molecule has 0 radical (unpaired) electrons. The number of likely N-dealkylation sites (tertiary alicyclic amines) is 2. The van der Waals surface area contributed by atoms with Gasteiger partial charge in [-0.2, -0.15) is 0 Å². The third-order valence-corrected chi connectivity index (χ3v) is 11.3. The average Bonchev–Trinajstić information content (AvgIpc) is 3.63. The van der Waals surface area contributed by atoms with E-state index in [0.29, 0.717) is 16.6 Å². The van der Waals surface area contributed by atoms with E-state index in [2.05, 4.69) is 40.5 Å². The summed E-state index contributed by atoms with van der Waals surface area (Å²) in [6.07, 6.45) is 5.57. The second-order valence-corrected chi connectivity index (χ2v) is 14.2. The molecule has 0 saturated carbocycles. The number of thiophene rings is 1. The van der Waals surface area contributed by atoms with Gasteiger partial charge in [0.2, 0.25) is 0 Å². The first-order valence-corrected chi connectivity index (χ1v) is 17.4. The highest BCUT2D eigenvalue weighted by Gasteiger charge is 2.40. The van der Waals surface area contributed by atoms with Crippen LogP contribution in [-0.2, 0) is 11.0 Å². The number of carbonyl (C=O) groups is 2. The molecular formula is C37H40Cl3N3O2S. The van der Waals surface area contributed by atoms with Gasteiger partial charge in [0.05, 0.1) is 20.5 Å². The molecule has 5 nitrogen and oxygen atoms in total. The summed E-state index contributed by atoms with van der Waals surface area (Å²) >= 11 is 14.3. The van der Waals surface area contributed by atoms with Crippen LogP contribution in [0.25, 0.3) is 0 Å². The standard InChI is InChI=1S/C37H39Cl2N3O2S.ClH/c38-31-16-15-30(26-32(31)39)36(18-9-22-42(27-36)35(44)28-10-3-1-4-11-28)17-8-21-41-23-19-37(20-24-41,29-12-5-2-6-13-29)40-34(43)33-14-7-25-45-33;/h1-7,10-16,25-26H,8-9,17-24,27H2,(H,40,43);1H. The lowest BCUT2D eigenvalue weighted by atomic mass is 9.70. The van der Waals surface area contributed by atoms with Crippen LogP contribution in [0.5, 0.6) is 0 Å². The molecule has 2 aliphatic rings. The Morgan fingerprint density at radius 3 is 2.20 bits per heavy atom. The summed E-state index contributed by atoms with van der Waals surface area (Å²) in [5, 5.41) is 6.47. The normalized spacial score (nSPS) is 19.7. The number of piperidine rings is 2. The first-order valence-electron chi connectivity index (χ1n) is 15.8. The van der Waals surface area contributed by atoms with Crippen molar-refractivity contribution in [2.45, 2.75) is 49.5 Å². The van der Waals surface area contributed by atoms with Crippen molar-refractivity contribution in [3.05, 3.63) is 128 Å². The van der Waals surface area contributed by atoms with Crippen molar-refractivity contribution in [2.75, 3.05) is 32.7 Å². The number of nitrogens with one attached hydrogen (secondary N) is 1. The molecule has 1 N–H and O–H groups in total. The molecule has 3 heterocycles. The van der Waals surface area contributed by atoms with Crippen LogP contribution in [0.4, 0.5) is 0 Å². The quantitative estimate of drug-likeness (QED) is 0.190. The molecule has 2 fully saturated rings. The van der Waals surface area contributed by atoms with E-state index in [9.17, 15) is 9.59 Å². The van der Waals surface area contributed by atoms with Crippen molar-refractivity contribution >= 4 is 58.8 Å². The molecule has 1 aromatic heterocycles. The molecule has 0 bridgehead atoms. The van der Waals surface area contributed by atoms with E-state index in [1.54, 1.807) is 0 Å². The van der Waals surface area contributed by atoms with Crippen molar-refractivity contribution in [1.29, 1.82) is 0 Å². The summed E-state index contributed by atoms with van der Waals surface area (Å²) in [6.45, 7) is 4.17. The Hall–Kier alpha value is -2.87. The summed E-state index contributed by atoms with van der Waals surface area (Å²) in [5.41, 5.74) is 2.46. The van der Waals surface area contributed by atoms with E-state index >= 15 is 0 Å². The molecule has 2 aliphatic heterocycles. The van der Waals surface area contributed by atoms with Gasteiger partial charge >= 0.3 is 0 Å². The minimum absolute atomic E-state index is 0. The van der Waals surface area contributed by atoms with Crippen LogP contribution < -0.4 is 5.32 Å². The molecule has 46 heavy (non-hydrogen) atoms. The number of benzene rings is 3. The van der Waals surface area contributed by atoms with E-state index in [-0.39, 0.29) is 35.2 Å². The monoisotopic (exact) mass is 695 g/mol. The molecule has 1 unspecified atom stereocenters. The van der Waals surface area contributed by atoms with Gasteiger partial charge in [-0.3, -0.25) is 9.59 Å². The summed E-state index contributed by atoms with van der Waals surface area (Å²) in [7, 11) is 0. The third-order valence-electron chi connectivity index (χ3n) is 9.68. The van der Waals surface area contributed by atoms with Crippen molar-refractivity contribution in [2.24, 2.45) is 0 Å². The lowest BCUT2D eigenvalue weighted by molar-refractivity contribution is 0.0615. The van der Waals surface area contributed by atoms with Crippen LogP contribution in [0.3, 0.4) is 0 Å². The van der Waals surface area contributed by atoms with Gasteiger partial charge in [-0.1, -0.05) is 83.9 Å². The maximum atomic E-state index is 13.5. The third kappa shape index (κ3) is 7.64. The number of rotatable bonds is 9. The lowest BCUT2D eigenvalue weighted by Gasteiger charge is -2.45. The average molecular weight is 697 g/mol. The van der Waals surface area contributed by atoms with Gasteiger partial charge in [-0.05, 0) is 91.9 Å². The number of hydrogen-bond donors (Lipinski definition) is 1. The number of hydrogen-bond acceptors (Lipinski definition) is 4. The molecule has 2 amide bonds. The predicted molar refractivity (Wildman–Crippen MR) is 192 cm³/mol. The van der Waals surface area contributed by atoms with E-state index in [1.807, 2.05) is 70.9 Å². The summed E-state index contributed by atoms with van der Waals surface area (Å²) in [6, 6.07) is 29.8. The topological polar surface area (TPSA) is 52.7 Å². The van der Waals surface area contributed by atoms with Crippen LogP contribution >= 0.6 is 46.9 Å². The summed E-state index contributed by atoms with van der Waals surface area (Å²) in [4.78, 5) is 32.0. The molecule has 4 aromatic rings. The van der Waals surface area contributed by atoms with Gasteiger partial charge < -0.3 is 15.1 Å². The Balaban J connectivity index is 0.00000417. The van der Waals surface area contributed by atoms with Crippen LogP contribution in [0, 0.1) is 0 Å². The highest BCUT2D eigenvalue weighted by atomic mass is 35.5. The Kier molecular flexibility index (Phi) is 11.5. The van der Waals surface area contributed by atoms with E-state index < -0.39 is 0 Å². The zero-order valence-corrected chi connectivity index (χ0v) is 28.9. The van der Waals surface area contributed by atoms with Crippen molar-refractivity contribution in [3.63, 3.8) is 0 Å². The Bertz CT molecular complexity index is 1590. The van der Waals surface area contributed by atoms with Crippen LogP contribution in [0.2, 0.25) is 10.0 Å².